The van der Waals surface area contributed by atoms with Crippen LogP contribution in [0.15, 0.2) is 48.5 Å². The van der Waals surface area contributed by atoms with Crippen molar-refractivity contribution >= 4 is 17.8 Å². The second-order valence-electron chi connectivity index (χ2n) is 8.59. The highest BCUT2D eigenvalue weighted by molar-refractivity contribution is 6.20. The van der Waals surface area contributed by atoms with Gasteiger partial charge in [0.05, 0.1) is 23.7 Å². The van der Waals surface area contributed by atoms with Crippen molar-refractivity contribution in [2.24, 2.45) is 17.3 Å². The zero-order chi connectivity index (χ0) is 20.9. The number of rotatable bonds is 5. The molecule has 2 aromatic rings. The van der Waals surface area contributed by atoms with Gasteiger partial charge in [-0.15, -0.1) is 0 Å². The molecule has 1 heterocycles. The maximum atomic E-state index is 13.5. The van der Waals surface area contributed by atoms with E-state index in [2.05, 4.69) is 0 Å². The third kappa shape index (κ3) is 2.82. The third-order valence-electron chi connectivity index (χ3n) is 6.97. The maximum Gasteiger partial charge on any atom is 0.339 e. The zero-order valence-corrected chi connectivity index (χ0v) is 16.8. The minimum absolute atomic E-state index is 0.191. The summed E-state index contributed by atoms with van der Waals surface area (Å²) in [6.07, 6.45) is 4.29. The molecule has 0 saturated heterocycles. The number of ether oxygens (including phenoxy) is 1. The van der Waals surface area contributed by atoms with E-state index >= 15 is 0 Å². The summed E-state index contributed by atoms with van der Waals surface area (Å²) in [5, 5.41) is 0.645. The Kier molecular flexibility index (Phi) is 4.38. The van der Waals surface area contributed by atoms with Gasteiger partial charge in [0.1, 0.15) is 5.75 Å². The smallest absolute Gasteiger partial charge is 0.339 e. The number of carbonyl (C=O) groups excluding carboxylic acids is 3. The second kappa shape index (κ2) is 6.97. The standard InChI is InChI=1S/C24H23NO5/c1-29-18-6-4-5-15(12-18)13-24(14-16-9-10-17(24)11-16)23(28)30-25-21(26)19-7-2-3-8-20(19)22(25)27/h2-8,12,16-17H,9-11,13-14H2,1H3. The molecule has 0 radical (unpaired) electrons. The highest BCUT2D eigenvalue weighted by atomic mass is 16.7. The molecule has 3 aliphatic rings. The summed E-state index contributed by atoms with van der Waals surface area (Å²) in [7, 11) is 1.61. The Morgan fingerprint density at radius 3 is 2.40 bits per heavy atom. The summed E-state index contributed by atoms with van der Waals surface area (Å²) in [4.78, 5) is 44.4. The normalized spacial score (nSPS) is 26.8. The molecule has 1 aliphatic heterocycles. The molecule has 5 rings (SSSR count). The molecule has 6 nitrogen and oxygen atoms in total. The topological polar surface area (TPSA) is 72.9 Å². The lowest BCUT2D eigenvalue weighted by Crippen LogP contribution is -2.44. The predicted octanol–water partition coefficient (Wildman–Crippen LogP) is 3.80. The van der Waals surface area contributed by atoms with E-state index in [9.17, 15) is 14.4 Å². The van der Waals surface area contributed by atoms with Crippen molar-refractivity contribution in [1.29, 1.82) is 0 Å². The molecule has 154 valence electrons. The van der Waals surface area contributed by atoms with E-state index in [4.69, 9.17) is 9.57 Å². The molecule has 6 heteroatoms. The van der Waals surface area contributed by atoms with Crippen LogP contribution in [0.2, 0.25) is 0 Å². The fraction of sp³-hybridized carbons (Fsp3) is 0.375. The van der Waals surface area contributed by atoms with Gasteiger partial charge in [-0.05, 0) is 67.3 Å². The number of hydrogen-bond acceptors (Lipinski definition) is 5. The zero-order valence-electron chi connectivity index (χ0n) is 16.8. The number of benzene rings is 2. The van der Waals surface area contributed by atoms with Gasteiger partial charge in [0.15, 0.2) is 0 Å². The highest BCUT2D eigenvalue weighted by Gasteiger charge is 2.57. The molecule has 2 amide bonds. The largest absolute Gasteiger partial charge is 0.497 e. The highest BCUT2D eigenvalue weighted by Crippen LogP contribution is 2.58. The number of fused-ring (bicyclic) bond motifs is 3. The average Bonchev–Trinajstić information content (AvgIpc) is 3.44. The molecule has 2 saturated carbocycles. The molecule has 0 spiro atoms. The monoisotopic (exact) mass is 405 g/mol. The van der Waals surface area contributed by atoms with Gasteiger partial charge < -0.3 is 9.57 Å². The minimum atomic E-state index is -0.732. The summed E-state index contributed by atoms with van der Waals surface area (Å²) in [6, 6.07) is 14.2. The van der Waals surface area contributed by atoms with Crippen LogP contribution in [-0.2, 0) is 16.1 Å². The van der Waals surface area contributed by atoms with Crippen molar-refractivity contribution in [2.45, 2.75) is 32.1 Å². The fourth-order valence-electron chi connectivity index (χ4n) is 5.55. The Morgan fingerprint density at radius 1 is 1.07 bits per heavy atom. The van der Waals surface area contributed by atoms with Crippen LogP contribution >= 0.6 is 0 Å². The van der Waals surface area contributed by atoms with Crippen LogP contribution < -0.4 is 4.74 Å². The second-order valence-corrected chi connectivity index (χ2v) is 8.59. The first-order chi connectivity index (χ1) is 14.5. The summed E-state index contributed by atoms with van der Waals surface area (Å²) in [6.45, 7) is 0. The Bertz CT molecular complexity index is 1010. The van der Waals surface area contributed by atoms with E-state index in [1.54, 1.807) is 31.4 Å². The van der Waals surface area contributed by atoms with Crippen LogP contribution in [0.25, 0.3) is 0 Å². The van der Waals surface area contributed by atoms with Gasteiger partial charge in [0.2, 0.25) is 0 Å². The molecular weight excluding hydrogens is 382 g/mol. The summed E-state index contributed by atoms with van der Waals surface area (Å²) in [5.74, 6) is -0.231. The lowest BCUT2D eigenvalue weighted by molar-refractivity contribution is -0.185. The summed E-state index contributed by atoms with van der Waals surface area (Å²) < 4.78 is 5.33. The van der Waals surface area contributed by atoms with E-state index in [0.717, 1.165) is 37.0 Å². The van der Waals surface area contributed by atoms with Gasteiger partial charge in [-0.25, -0.2) is 4.79 Å². The fourth-order valence-corrected chi connectivity index (χ4v) is 5.55. The van der Waals surface area contributed by atoms with Crippen molar-refractivity contribution < 1.29 is 24.0 Å². The van der Waals surface area contributed by atoms with Crippen LogP contribution in [-0.4, -0.2) is 30.0 Å². The summed E-state index contributed by atoms with van der Waals surface area (Å²) in [5.41, 5.74) is 0.793. The van der Waals surface area contributed by atoms with Crippen LogP contribution in [0.1, 0.15) is 52.0 Å². The van der Waals surface area contributed by atoms with Crippen molar-refractivity contribution in [3.05, 3.63) is 65.2 Å². The van der Waals surface area contributed by atoms with Crippen LogP contribution in [0.3, 0.4) is 0 Å². The Balaban J connectivity index is 1.44. The molecule has 2 fully saturated rings. The quantitative estimate of drug-likeness (QED) is 0.708. The van der Waals surface area contributed by atoms with E-state index in [1.807, 2.05) is 24.3 Å². The number of imide groups is 1. The lowest BCUT2D eigenvalue weighted by Gasteiger charge is -2.36. The number of hydrogen-bond donors (Lipinski definition) is 0. The molecule has 3 unspecified atom stereocenters. The predicted molar refractivity (Wildman–Crippen MR) is 108 cm³/mol. The average molecular weight is 405 g/mol. The van der Waals surface area contributed by atoms with Crippen molar-refractivity contribution in [2.75, 3.05) is 7.11 Å². The van der Waals surface area contributed by atoms with Gasteiger partial charge in [-0.1, -0.05) is 35.7 Å². The molecule has 0 N–H and O–H groups in total. The first kappa shape index (κ1) is 18.9. The van der Waals surface area contributed by atoms with Crippen LogP contribution in [0.5, 0.6) is 5.75 Å². The molecule has 30 heavy (non-hydrogen) atoms. The van der Waals surface area contributed by atoms with Gasteiger partial charge >= 0.3 is 5.97 Å². The number of carbonyl (C=O) groups is 3. The molecule has 3 atom stereocenters. The Morgan fingerprint density at radius 2 is 1.80 bits per heavy atom. The van der Waals surface area contributed by atoms with E-state index in [-0.39, 0.29) is 17.0 Å². The number of amides is 2. The molecule has 2 aliphatic carbocycles. The summed E-state index contributed by atoms with van der Waals surface area (Å²) >= 11 is 0. The Labute approximate surface area is 174 Å². The molecule has 2 bridgehead atoms. The molecular formula is C24H23NO5. The van der Waals surface area contributed by atoms with Crippen LogP contribution in [0, 0.1) is 17.3 Å². The van der Waals surface area contributed by atoms with Crippen molar-refractivity contribution in [3.63, 3.8) is 0 Å². The first-order valence-electron chi connectivity index (χ1n) is 10.3. The van der Waals surface area contributed by atoms with E-state index < -0.39 is 23.2 Å². The van der Waals surface area contributed by atoms with Gasteiger partial charge in [0, 0.05) is 0 Å². The van der Waals surface area contributed by atoms with Gasteiger partial charge in [-0.2, -0.15) is 0 Å². The van der Waals surface area contributed by atoms with Crippen molar-refractivity contribution in [1.82, 2.24) is 5.06 Å². The van der Waals surface area contributed by atoms with Crippen molar-refractivity contribution in [3.8, 4) is 5.75 Å². The van der Waals surface area contributed by atoms with Gasteiger partial charge in [0.25, 0.3) is 11.8 Å². The van der Waals surface area contributed by atoms with E-state index in [1.165, 1.54) is 0 Å². The first-order valence-corrected chi connectivity index (χ1v) is 10.3. The SMILES string of the molecule is COc1cccc(CC2(C(=O)ON3C(=O)c4ccccc4C3=O)CC3CCC2C3)c1. The Hall–Kier alpha value is -3.15. The number of methoxy groups -OCH3 is 1. The number of nitrogens with zero attached hydrogens (tertiary/aromatic N) is 1. The van der Waals surface area contributed by atoms with Crippen LogP contribution in [0.4, 0.5) is 0 Å². The third-order valence-corrected chi connectivity index (χ3v) is 6.97. The van der Waals surface area contributed by atoms with E-state index in [0.29, 0.717) is 17.4 Å². The lowest BCUT2D eigenvalue weighted by atomic mass is 9.69. The van der Waals surface area contributed by atoms with Gasteiger partial charge in [-0.3, -0.25) is 9.59 Å². The molecule has 2 aromatic carbocycles. The minimum Gasteiger partial charge on any atom is -0.497 e. The molecule has 0 aromatic heterocycles. The maximum absolute atomic E-state index is 13.5. The number of hydroxylamine groups is 2.